The number of allylic oxidation sites excluding steroid dienone is 2. The molecule has 0 fully saturated rings. The summed E-state index contributed by atoms with van der Waals surface area (Å²) in [5.41, 5.74) is 5.35. The summed E-state index contributed by atoms with van der Waals surface area (Å²) in [7, 11) is -4.37. The first-order chi connectivity index (χ1) is 25.3. The lowest BCUT2D eigenvalue weighted by molar-refractivity contribution is -0.125. The smallest absolute Gasteiger partial charge is 0.393 e. The number of carbonyl (C=O) groups is 1. The SMILES string of the molecule is CCCCCCCCCCCCCC/C=C\CCCCCCCC(O)CC(=O)NC(COP(=O)(O)OCCN)C(O)CCCCCCCCCCC. The van der Waals surface area contributed by atoms with Crippen molar-refractivity contribution in [2.75, 3.05) is 19.8 Å². The van der Waals surface area contributed by atoms with Gasteiger partial charge in [-0.15, -0.1) is 0 Å². The summed E-state index contributed by atoms with van der Waals surface area (Å²) >= 11 is 0. The standard InChI is InChI=1S/C42H85N2O7P/c1-3-5-7-9-11-13-14-15-16-17-18-19-20-21-22-23-24-26-27-29-31-33-39(45)37-42(47)44-40(38-51-52(48,49)50-36-35-43)41(46)34-32-30-28-25-12-10-8-6-4-2/h21-22,39-41,45-46H,3-20,23-38,43H2,1-2H3,(H,44,47)(H,48,49)/b22-21-. The number of phosphoric acid groups is 1. The number of rotatable bonds is 41. The van der Waals surface area contributed by atoms with Crippen molar-refractivity contribution in [3.63, 3.8) is 0 Å². The van der Waals surface area contributed by atoms with Gasteiger partial charge in [-0.1, -0.05) is 180 Å². The first kappa shape index (κ1) is 51.2. The molecule has 0 aromatic carbocycles. The Labute approximate surface area is 320 Å². The lowest BCUT2D eigenvalue weighted by Crippen LogP contribution is -2.47. The number of phosphoric ester groups is 1. The molecule has 0 spiro atoms. The summed E-state index contributed by atoms with van der Waals surface area (Å²) in [5.74, 6) is -0.418. The molecule has 0 rings (SSSR count). The molecule has 1 amide bonds. The molecule has 0 radical (unpaired) electrons. The van der Waals surface area contributed by atoms with Crippen LogP contribution in [0.4, 0.5) is 0 Å². The van der Waals surface area contributed by atoms with Crippen molar-refractivity contribution in [1.29, 1.82) is 0 Å². The zero-order chi connectivity index (χ0) is 38.4. The van der Waals surface area contributed by atoms with Crippen LogP contribution in [0.25, 0.3) is 0 Å². The van der Waals surface area contributed by atoms with E-state index in [1.165, 1.54) is 135 Å². The van der Waals surface area contributed by atoms with Gasteiger partial charge in [0.2, 0.25) is 5.91 Å². The predicted octanol–water partition coefficient (Wildman–Crippen LogP) is 11.0. The van der Waals surface area contributed by atoms with Gasteiger partial charge in [-0.3, -0.25) is 13.8 Å². The minimum atomic E-state index is -4.37. The summed E-state index contributed by atoms with van der Waals surface area (Å²) in [4.78, 5) is 22.7. The van der Waals surface area contributed by atoms with Crippen molar-refractivity contribution in [3.05, 3.63) is 12.2 Å². The lowest BCUT2D eigenvalue weighted by Gasteiger charge is -2.25. The van der Waals surface area contributed by atoms with Crippen LogP contribution in [-0.2, 0) is 18.4 Å². The molecule has 6 N–H and O–H groups in total. The van der Waals surface area contributed by atoms with Gasteiger partial charge in [-0.05, 0) is 38.5 Å². The fraction of sp³-hybridized carbons (Fsp3) is 0.929. The van der Waals surface area contributed by atoms with E-state index in [9.17, 15) is 24.5 Å². The molecule has 0 saturated carbocycles. The normalized spacial score (nSPS) is 14.8. The van der Waals surface area contributed by atoms with Crippen LogP contribution in [-0.4, -0.2) is 59.0 Å². The van der Waals surface area contributed by atoms with E-state index in [1.54, 1.807) is 0 Å². The van der Waals surface area contributed by atoms with Crippen LogP contribution in [0.1, 0.15) is 213 Å². The fourth-order valence-electron chi connectivity index (χ4n) is 6.59. The molecule has 0 aliphatic rings. The summed E-state index contributed by atoms with van der Waals surface area (Å²) in [6.07, 6.45) is 38.4. The largest absolute Gasteiger partial charge is 0.472 e. The fourth-order valence-corrected chi connectivity index (χ4v) is 7.35. The Hall–Kier alpha value is -0.800. The van der Waals surface area contributed by atoms with Crippen LogP contribution in [0, 0.1) is 0 Å². The highest BCUT2D eigenvalue weighted by atomic mass is 31.2. The lowest BCUT2D eigenvalue weighted by atomic mass is 10.0. The maximum atomic E-state index is 12.8. The number of nitrogens with one attached hydrogen (secondary N) is 1. The number of amides is 1. The van der Waals surface area contributed by atoms with Crippen molar-refractivity contribution in [2.24, 2.45) is 5.73 Å². The van der Waals surface area contributed by atoms with Gasteiger partial charge in [0, 0.05) is 6.54 Å². The van der Waals surface area contributed by atoms with E-state index < -0.39 is 32.0 Å². The summed E-state index contributed by atoms with van der Waals surface area (Å²) in [6.45, 7) is 4.02. The van der Waals surface area contributed by atoms with E-state index in [2.05, 4.69) is 31.3 Å². The van der Waals surface area contributed by atoms with Crippen LogP contribution in [0.3, 0.4) is 0 Å². The van der Waals surface area contributed by atoms with Gasteiger partial charge in [-0.25, -0.2) is 4.57 Å². The highest BCUT2D eigenvalue weighted by Crippen LogP contribution is 2.43. The highest BCUT2D eigenvalue weighted by Gasteiger charge is 2.28. The number of nitrogens with two attached hydrogens (primary N) is 1. The molecular formula is C42H85N2O7P. The Kier molecular flexibility index (Phi) is 37.9. The second-order valence-corrected chi connectivity index (χ2v) is 16.6. The number of aliphatic hydroxyl groups is 2. The Bertz CT molecular complexity index is 847. The van der Waals surface area contributed by atoms with Crippen molar-refractivity contribution in [2.45, 2.75) is 231 Å². The van der Waals surface area contributed by atoms with Crippen LogP contribution >= 0.6 is 7.82 Å². The topological polar surface area (TPSA) is 151 Å². The van der Waals surface area contributed by atoms with E-state index in [-0.39, 0.29) is 26.2 Å². The molecule has 0 heterocycles. The molecule has 4 atom stereocenters. The summed E-state index contributed by atoms with van der Waals surface area (Å²) in [5, 5.41) is 24.1. The molecular weight excluding hydrogens is 675 g/mol. The van der Waals surface area contributed by atoms with E-state index in [1.807, 2.05) is 0 Å². The highest BCUT2D eigenvalue weighted by molar-refractivity contribution is 7.47. The molecule has 0 aliphatic carbocycles. The van der Waals surface area contributed by atoms with E-state index in [0.717, 1.165) is 44.9 Å². The predicted molar refractivity (Wildman–Crippen MR) is 218 cm³/mol. The third-order valence-electron chi connectivity index (χ3n) is 9.92. The second kappa shape index (κ2) is 38.5. The third kappa shape index (κ3) is 36.2. The van der Waals surface area contributed by atoms with Gasteiger partial charge in [0.15, 0.2) is 0 Å². The monoisotopic (exact) mass is 761 g/mol. The molecule has 0 aliphatic heterocycles. The zero-order valence-corrected chi connectivity index (χ0v) is 34.8. The molecule has 0 aromatic rings. The zero-order valence-electron chi connectivity index (χ0n) is 33.9. The van der Waals surface area contributed by atoms with Crippen LogP contribution in [0.5, 0.6) is 0 Å². The molecule has 0 saturated heterocycles. The van der Waals surface area contributed by atoms with Crippen LogP contribution in [0.2, 0.25) is 0 Å². The third-order valence-corrected chi connectivity index (χ3v) is 10.9. The van der Waals surface area contributed by atoms with Crippen LogP contribution in [0.15, 0.2) is 12.2 Å². The van der Waals surface area contributed by atoms with Crippen molar-refractivity contribution < 1.29 is 33.5 Å². The second-order valence-electron chi connectivity index (χ2n) is 15.1. The molecule has 0 bridgehead atoms. The Morgan fingerprint density at radius 1 is 0.635 bits per heavy atom. The van der Waals surface area contributed by atoms with Gasteiger partial charge >= 0.3 is 7.82 Å². The average Bonchev–Trinajstić information content (AvgIpc) is 3.12. The Balaban J connectivity index is 4.12. The first-order valence-corrected chi connectivity index (χ1v) is 23.4. The van der Waals surface area contributed by atoms with E-state index >= 15 is 0 Å². The number of hydrogen-bond donors (Lipinski definition) is 5. The van der Waals surface area contributed by atoms with E-state index in [4.69, 9.17) is 14.8 Å². The summed E-state index contributed by atoms with van der Waals surface area (Å²) < 4.78 is 22.0. The Morgan fingerprint density at radius 2 is 1.04 bits per heavy atom. The average molecular weight is 761 g/mol. The molecule has 52 heavy (non-hydrogen) atoms. The summed E-state index contributed by atoms with van der Waals surface area (Å²) in [6, 6.07) is -0.894. The van der Waals surface area contributed by atoms with Crippen molar-refractivity contribution >= 4 is 13.7 Å². The maximum Gasteiger partial charge on any atom is 0.472 e. The quantitative estimate of drug-likeness (QED) is 0.0235. The van der Waals surface area contributed by atoms with Gasteiger partial charge in [0.25, 0.3) is 0 Å². The molecule has 0 aromatic heterocycles. The van der Waals surface area contributed by atoms with Gasteiger partial charge in [0.1, 0.15) is 0 Å². The minimum absolute atomic E-state index is 0.0596. The molecule has 10 heteroatoms. The number of unbranched alkanes of at least 4 members (excludes halogenated alkanes) is 25. The first-order valence-electron chi connectivity index (χ1n) is 21.9. The number of aliphatic hydroxyl groups excluding tert-OH is 2. The van der Waals surface area contributed by atoms with E-state index in [0.29, 0.717) is 12.8 Å². The maximum absolute atomic E-state index is 12.8. The van der Waals surface area contributed by atoms with Gasteiger partial charge in [-0.2, -0.15) is 0 Å². The van der Waals surface area contributed by atoms with Crippen LogP contribution < -0.4 is 11.1 Å². The molecule has 310 valence electrons. The van der Waals surface area contributed by atoms with Gasteiger partial charge in [0.05, 0.1) is 37.9 Å². The number of carbonyl (C=O) groups excluding carboxylic acids is 1. The van der Waals surface area contributed by atoms with Crippen molar-refractivity contribution in [3.8, 4) is 0 Å². The molecule has 4 unspecified atom stereocenters. The Morgan fingerprint density at radius 3 is 1.48 bits per heavy atom. The number of hydrogen-bond acceptors (Lipinski definition) is 7. The minimum Gasteiger partial charge on any atom is -0.393 e. The van der Waals surface area contributed by atoms with Gasteiger partial charge < -0.3 is 26.2 Å². The molecule has 9 nitrogen and oxygen atoms in total. The van der Waals surface area contributed by atoms with Crippen molar-refractivity contribution in [1.82, 2.24) is 5.32 Å².